The first-order chi connectivity index (χ1) is 16.0. The second-order valence-electron chi connectivity index (χ2n) is 10.8. The Hall–Kier alpha value is -2.60. The minimum atomic E-state index is 0.537. The molecule has 0 heterocycles. The van der Waals surface area contributed by atoms with Crippen LogP contribution >= 0.6 is 0 Å². The lowest BCUT2D eigenvalue weighted by Gasteiger charge is -2.19. The van der Waals surface area contributed by atoms with E-state index in [0.717, 1.165) is 24.7 Å². The predicted molar refractivity (Wildman–Crippen MR) is 143 cm³/mol. The molecule has 3 atom stereocenters. The topological polar surface area (TPSA) is 0 Å². The Balaban J connectivity index is 1.28. The second kappa shape index (κ2) is 8.98. The first-order valence-corrected chi connectivity index (χ1v) is 13.0. The molecule has 5 rings (SSSR count). The van der Waals surface area contributed by atoms with E-state index in [1.54, 1.807) is 5.57 Å². The molecular weight excluding hydrogens is 396 g/mol. The minimum Gasteiger partial charge on any atom is -0.0621 e. The van der Waals surface area contributed by atoms with Crippen LogP contribution in [0.25, 0.3) is 17.2 Å². The zero-order valence-corrected chi connectivity index (χ0v) is 21.0. The van der Waals surface area contributed by atoms with Crippen molar-refractivity contribution >= 4 is 6.08 Å². The van der Waals surface area contributed by atoms with E-state index in [0.29, 0.717) is 11.8 Å². The third-order valence-corrected chi connectivity index (χ3v) is 8.29. The summed E-state index contributed by atoms with van der Waals surface area (Å²) < 4.78 is 0. The van der Waals surface area contributed by atoms with Crippen molar-refractivity contribution < 1.29 is 0 Å². The number of hydrogen-bond acceptors (Lipinski definition) is 0. The highest BCUT2D eigenvalue weighted by Crippen LogP contribution is 2.50. The normalized spacial score (nSPS) is 20.0. The van der Waals surface area contributed by atoms with Gasteiger partial charge in [0.1, 0.15) is 0 Å². The van der Waals surface area contributed by atoms with Gasteiger partial charge in [-0.05, 0) is 101 Å². The van der Waals surface area contributed by atoms with E-state index in [1.807, 2.05) is 0 Å². The van der Waals surface area contributed by atoms with Crippen LogP contribution in [-0.2, 0) is 19.3 Å². The monoisotopic (exact) mass is 434 g/mol. The highest BCUT2D eigenvalue weighted by molar-refractivity contribution is 5.73. The van der Waals surface area contributed by atoms with E-state index >= 15 is 0 Å². The van der Waals surface area contributed by atoms with Gasteiger partial charge in [0.15, 0.2) is 0 Å². The predicted octanol–water partition coefficient (Wildman–Crippen LogP) is 8.80. The molecule has 2 aliphatic carbocycles. The van der Waals surface area contributed by atoms with Crippen LogP contribution in [0.4, 0.5) is 0 Å². The van der Waals surface area contributed by atoms with Crippen molar-refractivity contribution in [2.45, 2.75) is 66.2 Å². The molecule has 0 N–H and O–H groups in total. The van der Waals surface area contributed by atoms with Gasteiger partial charge < -0.3 is 0 Å². The Labute approximate surface area is 200 Å². The fourth-order valence-electron chi connectivity index (χ4n) is 6.15. The zero-order valence-electron chi connectivity index (χ0n) is 21.0. The SMILES string of the molecule is CCc1c(C)ccc(C(C)C)c1-c1ccc(CC2CC2C(C)C2=Cc3ccccc3C2)cc1. The number of hydrogen-bond donors (Lipinski definition) is 0. The van der Waals surface area contributed by atoms with Crippen LogP contribution in [-0.4, -0.2) is 0 Å². The minimum absolute atomic E-state index is 0.537. The third kappa shape index (κ3) is 4.33. The lowest BCUT2D eigenvalue weighted by atomic mass is 9.85. The lowest BCUT2D eigenvalue weighted by molar-refractivity contribution is 0.535. The van der Waals surface area contributed by atoms with Gasteiger partial charge in [0.2, 0.25) is 0 Å². The van der Waals surface area contributed by atoms with Crippen LogP contribution in [0.5, 0.6) is 0 Å². The van der Waals surface area contributed by atoms with Gasteiger partial charge in [-0.3, -0.25) is 0 Å². The van der Waals surface area contributed by atoms with E-state index in [9.17, 15) is 0 Å². The van der Waals surface area contributed by atoms with Gasteiger partial charge in [-0.25, -0.2) is 0 Å². The van der Waals surface area contributed by atoms with Crippen LogP contribution in [0.2, 0.25) is 0 Å². The van der Waals surface area contributed by atoms with E-state index in [2.05, 4.69) is 101 Å². The molecule has 170 valence electrons. The van der Waals surface area contributed by atoms with Gasteiger partial charge in [-0.1, -0.05) is 100 Å². The molecule has 3 aromatic rings. The largest absolute Gasteiger partial charge is 0.0621 e. The van der Waals surface area contributed by atoms with Crippen molar-refractivity contribution in [1.82, 2.24) is 0 Å². The standard InChI is InChI=1S/C33H38/c1-6-30-22(4)11-16-31(21(2)3)33(30)25-14-12-24(13-15-25)17-29-20-32(29)23(5)28-18-26-9-7-8-10-27(26)19-28/h7-16,18,21,23,29,32H,6,17,19-20H2,1-5H3. The van der Waals surface area contributed by atoms with Gasteiger partial charge in [-0.2, -0.15) is 0 Å². The fraction of sp³-hybridized carbons (Fsp3) is 0.394. The van der Waals surface area contributed by atoms with Crippen LogP contribution in [0.3, 0.4) is 0 Å². The van der Waals surface area contributed by atoms with Crippen LogP contribution in [0, 0.1) is 24.7 Å². The van der Waals surface area contributed by atoms with Crippen molar-refractivity contribution in [2.24, 2.45) is 17.8 Å². The summed E-state index contributed by atoms with van der Waals surface area (Å²) >= 11 is 0. The van der Waals surface area contributed by atoms with Crippen molar-refractivity contribution in [1.29, 1.82) is 0 Å². The molecule has 33 heavy (non-hydrogen) atoms. The molecule has 2 aliphatic rings. The van der Waals surface area contributed by atoms with E-state index in [-0.39, 0.29) is 0 Å². The number of fused-ring (bicyclic) bond motifs is 1. The van der Waals surface area contributed by atoms with Gasteiger partial charge in [-0.15, -0.1) is 0 Å². The quantitative estimate of drug-likeness (QED) is 0.348. The van der Waals surface area contributed by atoms with E-state index < -0.39 is 0 Å². The molecule has 0 amide bonds. The summed E-state index contributed by atoms with van der Waals surface area (Å²) in [6.45, 7) is 11.6. The van der Waals surface area contributed by atoms with E-state index in [1.165, 1.54) is 57.3 Å². The van der Waals surface area contributed by atoms with Gasteiger partial charge >= 0.3 is 0 Å². The number of benzene rings is 3. The fourth-order valence-corrected chi connectivity index (χ4v) is 6.15. The Kier molecular flexibility index (Phi) is 6.04. The summed E-state index contributed by atoms with van der Waals surface area (Å²) in [5.41, 5.74) is 13.4. The molecule has 0 nitrogen and oxygen atoms in total. The molecule has 0 radical (unpaired) electrons. The molecule has 3 aromatic carbocycles. The van der Waals surface area contributed by atoms with Crippen LogP contribution in [0.1, 0.15) is 73.4 Å². The smallest absolute Gasteiger partial charge is 0.00550 e. The first kappa shape index (κ1) is 22.2. The van der Waals surface area contributed by atoms with Crippen LogP contribution < -0.4 is 0 Å². The summed E-state index contributed by atoms with van der Waals surface area (Å²) in [6.07, 6.45) is 7.31. The molecule has 0 aromatic heterocycles. The second-order valence-corrected chi connectivity index (χ2v) is 10.8. The highest BCUT2D eigenvalue weighted by atomic mass is 14.5. The molecule has 3 unspecified atom stereocenters. The van der Waals surface area contributed by atoms with E-state index in [4.69, 9.17) is 0 Å². The summed E-state index contributed by atoms with van der Waals surface area (Å²) in [4.78, 5) is 0. The third-order valence-electron chi connectivity index (χ3n) is 8.29. The summed E-state index contributed by atoms with van der Waals surface area (Å²) in [7, 11) is 0. The lowest BCUT2D eigenvalue weighted by Crippen LogP contribution is -2.05. The molecule has 0 spiro atoms. The Morgan fingerprint density at radius 3 is 2.36 bits per heavy atom. The maximum Gasteiger partial charge on any atom is -0.00550 e. The molecule has 0 bridgehead atoms. The summed E-state index contributed by atoms with van der Waals surface area (Å²) in [6, 6.07) is 23.1. The van der Waals surface area contributed by atoms with Gasteiger partial charge in [0.05, 0.1) is 0 Å². The average molecular weight is 435 g/mol. The van der Waals surface area contributed by atoms with Crippen molar-refractivity contribution in [2.75, 3.05) is 0 Å². The average Bonchev–Trinajstić information content (AvgIpc) is 3.44. The van der Waals surface area contributed by atoms with Gasteiger partial charge in [0, 0.05) is 0 Å². The first-order valence-electron chi connectivity index (χ1n) is 13.0. The summed E-state index contributed by atoms with van der Waals surface area (Å²) in [5, 5.41) is 0. The Morgan fingerprint density at radius 2 is 1.67 bits per heavy atom. The highest BCUT2D eigenvalue weighted by Gasteiger charge is 2.42. The summed E-state index contributed by atoms with van der Waals surface area (Å²) in [5.74, 6) is 2.93. The number of allylic oxidation sites excluding steroid dienone is 1. The number of rotatable bonds is 7. The zero-order chi connectivity index (χ0) is 23.1. The maximum absolute atomic E-state index is 2.46. The maximum atomic E-state index is 2.46. The molecule has 1 fully saturated rings. The van der Waals surface area contributed by atoms with Gasteiger partial charge in [0.25, 0.3) is 0 Å². The molecule has 0 saturated heterocycles. The molecule has 0 heteroatoms. The molecule has 1 saturated carbocycles. The van der Waals surface area contributed by atoms with Crippen molar-refractivity contribution in [3.8, 4) is 11.1 Å². The Bertz CT molecular complexity index is 1180. The van der Waals surface area contributed by atoms with Crippen molar-refractivity contribution in [3.63, 3.8) is 0 Å². The Morgan fingerprint density at radius 1 is 0.909 bits per heavy atom. The van der Waals surface area contributed by atoms with Crippen molar-refractivity contribution in [3.05, 3.63) is 99.6 Å². The van der Waals surface area contributed by atoms with Crippen LogP contribution in [0.15, 0.2) is 66.2 Å². The molecular formula is C33H38. The molecule has 0 aliphatic heterocycles. The number of aryl methyl sites for hydroxylation is 1.